The SMILES string of the molecule is CCNC(=S)C(=C([O-])c1ccc(CC)cc1)[n+]1ccccc1. The van der Waals surface area contributed by atoms with E-state index in [2.05, 4.69) is 12.2 Å². The van der Waals surface area contributed by atoms with Crippen molar-refractivity contribution >= 4 is 28.7 Å². The molecule has 0 aliphatic heterocycles. The van der Waals surface area contributed by atoms with Crippen molar-refractivity contribution in [2.75, 3.05) is 6.54 Å². The smallest absolute Gasteiger partial charge is 0.237 e. The lowest BCUT2D eigenvalue weighted by Crippen LogP contribution is -2.42. The lowest BCUT2D eigenvalue weighted by Gasteiger charge is -2.16. The Morgan fingerprint density at radius 1 is 1.09 bits per heavy atom. The summed E-state index contributed by atoms with van der Waals surface area (Å²) in [6, 6.07) is 13.3. The maximum atomic E-state index is 12.9. The summed E-state index contributed by atoms with van der Waals surface area (Å²) in [6.07, 6.45) is 4.61. The molecule has 0 saturated heterocycles. The number of aryl methyl sites for hydroxylation is 1. The van der Waals surface area contributed by atoms with Crippen molar-refractivity contribution in [1.82, 2.24) is 5.32 Å². The fraction of sp³-hybridized carbons (Fsp3) is 0.222. The van der Waals surface area contributed by atoms with Crippen LogP contribution in [0.1, 0.15) is 25.0 Å². The highest BCUT2D eigenvalue weighted by Crippen LogP contribution is 2.15. The number of hydrogen-bond donors (Lipinski definition) is 1. The Morgan fingerprint density at radius 2 is 1.73 bits per heavy atom. The monoisotopic (exact) mass is 312 g/mol. The van der Waals surface area contributed by atoms with E-state index in [1.807, 2.05) is 61.8 Å². The van der Waals surface area contributed by atoms with Crippen molar-refractivity contribution in [1.29, 1.82) is 0 Å². The maximum absolute atomic E-state index is 12.9. The molecule has 0 aliphatic rings. The van der Waals surface area contributed by atoms with E-state index >= 15 is 0 Å². The summed E-state index contributed by atoms with van der Waals surface area (Å²) in [5.41, 5.74) is 2.32. The van der Waals surface area contributed by atoms with Gasteiger partial charge in [0.05, 0.1) is 0 Å². The molecule has 4 heteroatoms. The second-order valence-corrected chi connectivity index (χ2v) is 5.28. The molecular formula is C18H20N2OS. The minimum Gasteiger partial charge on any atom is -0.867 e. The lowest BCUT2D eigenvalue weighted by atomic mass is 10.1. The van der Waals surface area contributed by atoms with Gasteiger partial charge < -0.3 is 10.4 Å². The number of nitrogens with zero attached hydrogens (tertiary/aromatic N) is 1. The molecule has 0 unspecified atom stereocenters. The molecule has 2 aromatic rings. The topological polar surface area (TPSA) is 39.0 Å². The molecule has 0 aliphatic carbocycles. The number of thiocarbonyl (C=S) groups is 1. The average Bonchev–Trinajstić information content (AvgIpc) is 2.56. The summed E-state index contributed by atoms with van der Waals surface area (Å²) >= 11 is 5.39. The summed E-state index contributed by atoms with van der Waals surface area (Å²) in [6.45, 7) is 4.73. The van der Waals surface area contributed by atoms with Crippen molar-refractivity contribution in [3.05, 3.63) is 66.0 Å². The molecule has 1 heterocycles. The van der Waals surface area contributed by atoms with Gasteiger partial charge in [0.15, 0.2) is 17.4 Å². The third-order valence-corrected chi connectivity index (χ3v) is 3.70. The number of aromatic nitrogens is 1. The highest BCUT2D eigenvalue weighted by Gasteiger charge is 2.17. The third kappa shape index (κ3) is 3.71. The van der Waals surface area contributed by atoms with Crippen molar-refractivity contribution < 1.29 is 9.67 Å². The molecule has 1 aromatic heterocycles. The number of hydrogen-bond acceptors (Lipinski definition) is 2. The third-order valence-electron chi connectivity index (χ3n) is 3.37. The fourth-order valence-corrected chi connectivity index (χ4v) is 2.50. The average molecular weight is 312 g/mol. The quantitative estimate of drug-likeness (QED) is 0.398. The van der Waals surface area contributed by atoms with Gasteiger partial charge in [0, 0.05) is 18.7 Å². The first-order valence-corrected chi connectivity index (χ1v) is 7.83. The van der Waals surface area contributed by atoms with Crippen molar-refractivity contribution in [3.63, 3.8) is 0 Å². The van der Waals surface area contributed by atoms with Crippen LogP contribution >= 0.6 is 12.2 Å². The van der Waals surface area contributed by atoms with Crippen molar-refractivity contribution in [2.45, 2.75) is 20.3 Å². The molecule has 2 rings (SSSR count). The van der Waals surface area contributed by atoms with E-state index in [1.54, 1.807) is 4.57 Å². The molecule has 0 spiro atoms. The van der Waals surface area contributed by atoms with Crippen LogP contribution in [0.3, 0.4) is 0 Å². The van der Waals surface area contributed by atoms with E-state index in [1.165, 1.54) is 5.56 Å². The van der Waals surface area contributed by atoms with E-state index in [0.29, 0.717) is 22.8 Å². The normalized spacial score (nSPS) is 11.7. The van der Waals surface area contributed by atoms with E-state index in [4.69, 9.17) is 12.2 Å². The molecule has 0 saturated carbocycles. The van der Waals surface area contributed by atoms with Gasteiger partial charge >= 0.3 is 0 Å². The molecule has 0 fully saturated rings. The minimum atomic E-state index is -0.0789. The van der Waals surface area contributed by atoms with Gasteiger partial charge in [-0.15, -0.1) is 0 Å². The van der Waals surface area contributed by atoms with Crippen LogP contribution in [-0.4, -0.2) is 11.5 Å². The van der Waals surface area contributed by atoms with Gasteiger partial charge in [0.2, 0.25) is 5.70 Å². The molecule has 0 radical (unpaired) electrons. The Bertz CT molecular complexity index is 663. The zero-order valence-electron chi connectivity index (χ0n) is 12.9. The first-order valence-electron chi connectivity index (χ1n) is 7.42. The maximum Gasteiger partial charge on any atom is 0.237 e. The molecule has 0 bridgehead atoms. The molecule has 1 aromatic carbocycles. The number of likely N-dealkylation sites (N-methyl/N-ethyl adjacent to an activating group) is 1. The van der Waals surface area contributed by atoms with Crippen LogP contribution in [0.2, 0.25) is 0 Å². The zero-order valence-corrected chi connectivity index (χ0v) is 13.7. The Morgan fingerprint density at radius 3 is 2.27 bits per heavy atom. The van der Waals surface area contributed by atoms with Crippen LogP contribution in [-0.2, 0) is 6.42 Å². The van der Waals surface area contributed by atoms with Gasteiger partial charge in [0.25, 0.3) is 0 Å². The van der Waals surface area contributed by atoms with E-state index in [0.717, 1.165) is 6.42 Å². The first-order chi connectivity index (χ1) is 10.7. The van der Waals surface area contributed by atoms with Crippen LogP contribution in [0.25, 0.3) is 11.5 Å². The number of nitrogens with one attached hydrogen (secondary N) is 1. The van der Waals surface area contributed by atoms with Gasteiger partial charge in [-0.25, -0.2) is 0 Å². The predicted molar refractivity (Wildman–Crippen MR) is 91.8 cm³/mol. The van der Waals surface area contributed by atoms with Gasteiger partial charge in [-0.05, 0) is 30.2 Å². The lowest BCUT2D eigenvalue weighted by molar-refractivity contribution is -0.577. The summed E-state index contributed by atoms with van der Waals surface area (Å²) in [7, 11) is 0. The van der Waals surface area contributed by atoms with Crippen LogP contribution < -0.4 is 15.0 Å². The van der Waals surface area contributed by atoms with Gasteiger partial charge in [-0.2, -0.15) is 4.57 Å². The zero-order chi connectivity index (χ0) is 15.9. The summed E-state index contributed by atoms with van der Waals surface area (Å²) < 4.78 is 1.76. The molecule has 0 atom stereocenters. The van der Waals surface area contributed by atoms with Gasteiger partial charge in [-0.3, -0.25) is 0 Å². The second-order valence-electron chi connectivity index (χ2n) is 4.87. The molecular weight excluding hydrogens is 292 g/mol. The first kappa shape index (κ1) is 16.2. The minimum absolute atomic E-state index is 0.0789. The number of benzene rings is 1. The highest BCUT2D eigenvalue weighted by atomic mass is 32.1. The number of rotatable bonds is 5. The largest absolute Gasteiger partial charge is 0.867 e. The van der Waals surface area contributed by atoms with Crippen LogP contribution in [0.5, 0.6) is 0 Å². The van der Waals surface area contributed by atoms with Gasteiger partial charge in [-0.1, -0.05) is 49.5 Å². The van der Waals surface area contributed by atoms with Gasteiger partial charge in [0.1, 0.15) is 0 Å². The van der Waals surface area contributed by atoms with E-state index in [9.17, 15) is 5.11 Å². The molecule has 114 valence electrons. The Hall–Kier alpha value is -2.20. The van der Waals surface area contributed by atoms with E-state index < -0.39 is 0 Å². The van der Waals surface area contributed by atoms with Crippen LogP contribution in [0, 0.1) is 0 Å². The summed E-state index contributed by atoms with van der Waals surface area (Å²) in [5, 5.41) is 15.9. The Kier molecular flexibility index (Phi) is 5.67. The highest BCUT2D eigenvalue weighted by molar-refractivity contribution is 7.81. The molecule has 0 amide bonds. The summed E-state index contributed by atoms with van der Waals surface area (Å²) in [4.78, 5) is 0.461. The fourth-order valence-electron chi connectivity index (χ4n) is 2.16. The van der Waals surface area contributed by atoms with Crippen LogP contribution in [0.15, 0.2) is 54.9 Å². The number of pyridine rings is 1. The Labute approximate surface area is 136 Å². The summed E-state index contributed by atoms with van der Waals surface area (Å²) in [5.74, 6) is -0.0789. The van der Waals surface area contributed by atoms with Crippen molar-refractivity contribution in [3.8, 4) is 0 Å². The molecule has 22 heavy (non-hydrogen) atoms. The van der Waals surface area contributed by atoms with Crippen LogP contribution in [0.4, 0.5) is 0 Å². The second kappa shape index (κ2) is 7.71. The van der Waals surface area contributed by atoms with Crippen molar-refractivity contribution in [2.24, 2.45) is 0 Å². The molecule has 3 nitrogen and oxygen atoms in total. The molecule has 1 N–H and O–H groups in total. The predicted octanol–water partition coefficient (Wildman–Crippen LogP) is 2.16. The standard InChI is InChI=1S/C18H20N2OS/c1-3-14-8-10-15(11-9-14)17(21)16(18(22)19-4-2)20-12-6-5-7-13-20/h5-13H,3-4H2,1-2H3,(H-,19,21,22). The van der Waals surface area contributed by atoms with E-state index in [-0.39, 0.29) is 5.76 Å². The Balaban J connectivity index is 2.51.